The molecule has 1 N–H and O–H groups in total. The predicted octanol–water partition coefficient (Wildman–Crippen LogP) is 5.79. The van der Waals surface area contributed by atoms with Crippen LogP contribution in [0.15, 0.2) is 24.8 Å². The van der Waals surface area contributed by atoms with E-state index in [0.29, 0.717) is 0 Å². The molecule has 1 nitrogen and oxygen atoms in total. The van der Waals surface area contributed by atoms with E-state index in [1.165, 1.54) is 51.4 Å². The Balaban J connectivity index is 3.18. The van der Waals surface area contributed by atoms with Gasteiger partial charge in [-0.3, -0.25) is 0 Å². The van der Waals surface area contributed by atoms with E-state index in [0.717, 1.165) is 25.7 Å². The molecule has 0 aromatic rings. The molecule has 0 saturated carbocycles. The van der Waals surface area contributed by atoms with Crippen molar-refractivity contribution in [1.29, 1.82) is 0 Å². The molecule has 0 aliphatic carbocycles. The molecule has 0 fully saturated rings. The third kappa shape index (κ3) is 15.4. The molecule has 0 heterocycles. The van der Waals surface area contributed by atoms with Gasteiger partial charge in [0.15, 0.2) is 0 Å². The van der Waals surface area contributed by atoms with Gasteiger partial charge in [0, 0.05) is 0 Å². The number of allylic oxidation sites excluding steroid dienone is 3. The Morgan fingerprint density at radius 3 is 2.11 bits per heavy atom. The molecule has 0 aromatic heterocycles. The van der Waals surface area contributed by atoms with Gasteiger partial charge in [-0.1, -0.05) is 83.1 Å². The second kappa shape index (κ2) is 15.5. The van der Waals surface area contributed by atoms with Crippen LogP contribution in [-0.2, 0) is 0 Å². The first kappa shape index (κ1) is 18.4. The van der Waals surface area contributed by atoms with Crippen LogP contribution in [0.25, 0.3) is 0 Å². The van der Waals surface area contributed by atoms with Crippen LogP contribution in [-0.4, -0.2) is 11.2 Å². The van der Waals surface area contributed by atoms with E-state index >= 15 is 0 Å². The maximum atomic E-state index is 9.86. The maximum Gasteiger partial charge on any atom is 0.0540 e. The van der Waals surface area contributed by atoms with Gasteiger partial charge in [-0.05, 0) is 25.7 Å². The molecule has 0 aromatic carbocycles. The van der Waals surface area contributed by atoms with Crippen molar-refractivity contribution in [1.82, 2.24) is 0 Å². The lowest BCUT2D eigenvalue weighted by molar-refractivity contribution is 0.147. The van der Waals surface area contributed by atoms with Crippen LogP contribution in [0.4, 0.5) is 0 Å². The van der Waals surface area contributed by atoms with E-state index in [2.05, 4.69) is 19.6 Å². The fraction of sp³-hybridized carbons (Fsp3) is 0.778. The quantitative estimate of drug-likeness (QED) is 0.311. The molecule has 0 amide bonds. The topological polar surface area (TPSA) is 20.2 Å². The van der Waals surface area contributed by atoms with Crippen molar-refractivity contribution in [3.63, 3.8) is 0 Å². The summed E-state index contributed by atoms with van der Waals surface area (Å²) in [4.78, 5) is 0. The van der Waals surface area contributed by atoms with Gasteiger partial charge in [0.1, 0.15) is 0 Å². The number of unbranched alkanes of at least 4 members (excludes halogenated alkanes) is 8. The van der Waals surface area contributed by atoms with Crippen LogP contribution in [0.3, 0.4) is 0 Å². The zero-order chi connectivity index (χ0) is 14.2. The number of rotatable bonds is 14. The van der Waals surface area contributed by atoms with Crippen molar-refractivity contribution >= 4 is 0 Å². The molecule has 1 heteroatoms. The van der Waals surface area contributed by atoms with Crippen molar-refractivity contribution in [3.8, 4) is 0 Å². The summed E-state index contributed by atoms with van der Waals surface area (Å²) in [5, 5.41) is 9.86. The lowest BCUT2D eigenvalue weighted by atomic mass is 10.0. The molecule has 0 spiro atoms. The summed E-state index contributed by atoms with van der Waals surface area (Å²) in [6.45, 7) is 5.90. The minimum absolute atomic E-state index is 0.0703. The summed E-state index contributed by atoms with van der Waals surface area (Å²) in [7, 11) is 0. The molecule has 0 rings (SSSR count). The van der Waals surface area contributed by atoms with Gasteiger partial charge in [-0.15, -0.1) is 0 Å². The van der Waals surface area contributed by atoms with Crippen LogP contribution in [0.1, 0.15) is 84.0 Å². The lowest BCUT2D eigenvalue weighted by Gasteiger charge is -2.09. The van der Waals surface area contributed by atoms with Crippen LogP contribution in [0, 0.1) is 0 Å². The van der Waals surface area contributed by atoms with Crippen molar-refractivity contribution in [2.45, 2.75) is 90.1 Å². The van der Waals surface area contributed by atoms with E-state index in [4.69, 9.17) is 0 Å². The standard InChI is InChI=1S/C18H34O/c1-3-5-7-9-11-13-15-17-18(19)16-14-12-10-8-6-4-2/h4,6,8,18-19H,2-3,5,7,9-17H2,1H3. The number of hydrogen-bond donors (Lipinski definition) is 1. The highest BCUT2D eigenvalue weighted by atomic mass is 16.3. The van der Waals surface area contributed by atoms with Crippen LogP contribution < -0.4 is 0 Å². The van der Waals surface area contributed by atoms with Gasteiger partial charge in [-0.2, -0.15) is 0 Å². The predicted molar refractivity (Wildman–Crippen MR) is 86.4 cm³/mol. The third-order valence-electron chi connectivity index (χ3n) is 3.57. The minimum atomic E-state index is -0.0703. The van der Waals surface area contributed by atoms with Crippen LogP contribution >= 0.6 is 0 Å². The summed E-state index contributed by atoms with van der Waals surface area (Å²) >= 11 is 0. The Morgan fingerprint density at radius 2 is 1.47 bits per heavy atom. The Kier molecular flexibility index (Phi) is 15.0. The van der Waals surface area contributed by atoms with Gasteiger partial charge >= 0.3 is 0 Å². The first-order valence-electron chi connectivity index (χ1n) is 8.26. The summed E-state index contributed by atoms with van der Waals surface area (Å²) in [5.74, 6) is 0. The largest absolute Gasteiger partial charge is 0.393 e. The van der Waals surface area contributed by atoms with Gasteiger partial charge in [0.05, 0.1) is 6.10 Å². The van der Waals surface area contributed by atoms with Gasteiger partial charge < -0.3 is 5.11 Å². The molecule has 0 saturated heterocycles. The van der Waals surface area contributed by atoms with E-state index in [1.807, 2.05) is 12.2 Å². The van der Waals surface area contributed by atoms with Crippen molar-refractivity contribution in [2.24, 2.45) is 0 Å². The fourth-order valence-electron chi connectivity index (χ4n) is 2.32. The molecular formula is C18H34O. The van der Waals surface area contributed by atoms with Crippen molar-refractivity contribution in [2.75, 3.05) is 0 Å². The number of aliphatic hydroxyl groups excluding tert-OH is 1. The molecule has 0 radical (unpaired) electrons. The van der Waals surface area contributed by atoms with E-state index in [9.17, 15) is 5.11 Å². The van der Waals surface area contributed by atoms with Gasteiger partial charge in [0.2, 0.25) is 0 Å². The number of hydrogen-bond acceptors (Lipinski definition) is 1. The third-order valence-corrected chi connectivity index (χ3v) is 3.57. The average molecular weight is 266 g/mol. The van der Waals surface area contributed by atoms with Gasteiger partial charge in [0.25, 0.3) is 0 Å². The SMILES string of the molecule is C=CC=CCCCCC(O)CCCCCCCCC. The first-order valence-corrected chi connectivity index (χ1v) is 8.26. The number of aliphatic hydroxyl groups is 1. The van der Waals surface area contributed by atoms with Crippen LogP contribution in [0.2, 0.25) is 0 Å². The first-order chi connectivity index (χ1) is 9.31. The molecule has 0 bridgehead atoms. The second-order valence-electron chi connectivity index (χ2n) is 5.51. The highest BCUT2D eigenvalue weighted by molar-refractivity contribution is 4.96. The molecule has 1 unspecified atom stereocenters. The van der Waals surface area contributed by atoms with Crippen LogP contribution in [0.5, 0.6) is 0 Å². The molecule has 0 aliphatic rings. The second-order valence-corrected chi connectivity index (χ2v) is 5.51. The average Bonchev–Trinajstić information content (AvgIpc) is 2.41. The summed E-state index contributed by atoms with van der Waals surface area (Å²) < 4.78 is 0. The lowest BCUT2D eigenvalue weighted by Crippen LogP contribution is -2.05. The van der Waals surface area contributed by atoms with E-state index in [-0.39, 0.29) is 6.10 Å². The summed E-state index contributed by atoms with van der Waals surface area (Å²) in [5.41, 5.74) is 0. The Labute approximate surface area is 120 Å². The molecule has 112 valence electrons. The fourth-order valence-corrected chi connectivity index (χ4v) is 2.32. The maximum absolute atomic E-state index is 9.86. The normalized spacial score (nSPS) is 12.9. The van der Waals surface area contributed by atoms with Crippen molar-refractivity contribution < 1.29 is 5.11 Å². The zero-order valence-corrected chi connectivity index (χ0v) is 12.9. The summed E-state index contributed by atoms with van der Waals surface area (Å²) in [6.07, 6.45) is 20.6. The molecule has 0 aliphatic heterocycles. The van der Waals surface area contributed by atoms with Gasteiger partial charge in [-0.25, -0.2) is 0 Å². The van der Waals surface area contributed by atoms with E-state index in [1.54, 1.807) is 0 Å². The van der Waals surface area contributed by atoms with Crippen molar-refractivity contribution in [3.05, 3.63) is 24.8 Å². The highest BCUT2D eigenvalue weighted by Gasteiger charge is 2.03. The summed E-state index contributed by atoms with van der Waals surface area (Å²) in [6, 6.07) is 0. The van der Waals surface area contributed by atoms with E-state index < -0.39 is 0 Å². The molecule has 1 atom stereocenters. The highest BCUT2D eigenvalue weighted by Crippen LogP contribution is 2.13. The Morgan fingerprint density at radius 1 is 0.895 bits per heavy atom. The zero-order valence-electron chi connectivity index (χ0n) is 12.9. The monoisotopic (exact) mass is 266 g/mol. The molecule has 19 heavy (non-hydrogen) atoms. The minimum Gasteiger partial charge on any atom is -0.393 e. The Hall–Kier alpha value is -0.560. The Bertz CT molecular complexity index is 208. The smallest absolute Gasteiger partial charge is 0.0540 e. The molecular weight excluding hydrogens is 232 g/mol.